The van der Waals surface area contributed by atoms with E-state index in [0.717, 1.165) is 28.4 Å². The van der Waals surface area contributed by atoms with Crippen LogP contribution in [0, 0.1) is 12.8 Å². The maximum atomic E-state index is 11.7. The van der Waals surface area contributed by atoms with Crippen LogP contribution in [0.2, 0.25) is 0 Å². The van der Waals surface area contributed by atoms with E-state index >= 15 is 0 Å². The lowest BCUT2D eigenvalue weighted by Gasteiger charge is -2.42. The predicted molar refractivity (Wildman–Crippen MR) is 122 cm³/mol. The molecule has 4 rings (SSSR count). The molecule has 0 unspecified atom stereocenters. The topological polar surface area (TPSA) is 90.1 Å². The van der Waals surface area contributed by atoms with E-state index in [1.807, 2.05) is 25.1 Å². The highest BCUT2D eigenvalue weighted by atomic mass is 35.5. The van der Waals surface area contributed by atoms with E-state index in [-0.39, 0.29) is 30.8 Å². The Bertz CT molecular complexity index is 991. The van der Waals surface area contributed by atoms with Crippen LogP contribution in [0.5, 0.6) is 0 Å². The lowest BCUT2D eigenvalue weighted by molar-refractivity contribution is -0.152. The standard InChI is InChI=1S/C20H22N4O2S.2ClH/c1-12-23-17(22-11-13-9-20(21,10-13)19(25)26-2)15-8-16(27-18(15)24-12)14-6-4-3-5-7-14;;/h3-8,13H,9-11,21H2,1-2H3,(H,22,23,24);2*1H. The van der Waals surface area contributed by atoms with Crippen LogP contribution in [0.25, 0.3) is 20.7 Å². The molecule has 6 nitrogen and oxygen atoms in total. The Morgan fingerprint density at radius 2 is 1.97 bits per heavy atom. The molecule has 1 saturated carbocycles. The van der Waals surface area contributed by atoms with Crippen LogP contribution in [0.3, 0.4) is 0 Å². The monoisotopic (exact) mass is 454 g/mol. The van der Waals surface area contributed by atoms with Crippen molar-refractivity contribution in [2.45, 2.75) is 25.3 Å². The molecule has 2 heterocycles. The minimum atomic E-state index is -0.832. The third kappa shape index (κ3) is 4.64. The van der Waals surface area contributed by atoms with Crippen molar-refractivity contribution < 1.29 is 9.53 Å². The Balaban J connectivity index is 0.00000150. The zero-order chi connectivity index (χ0) is 19.0. The van der Waals surface area contributed by atoms with Gasteiger partial charge in [0, 0.05) is 11.4 Å². The van der Waals surface area contributed by atoms with Crippen LogP contribution < -0.4 is 11.1 Å². The average molecular weight is 455 g/mol. The van der Waals surface area contributed by atoms with Crippen LogP contribution in [0.4, 0.5) is 5.82 Å². The number of rotatable bonds is 5. The smallest absolute Gasteiger partial charge is 0.325 e. The van der Waals surface area contributed by atoms with Gasteiger partial charge in [-0.2, -0.15) is 0 Å². The molecule has 156 valence electrons. The van der Waals surface area contributed by atoms with E-state index in [9.17, 15) is 4.79 Å². The highest BCUT2D eigenvalue weighted by Crippen LogP contribution is 2.38. The van der Waals surface area contributed by atoms with Gasteiger partial charge >= 0.3 is 5.97 Å². The van der Waals surface area contributed by atoms with E-state index in [0.29, 0.717) is 18.8 Å². The van der Waals surface area contributed by atoms with Gasteiger partial charge in [0.05, 0.1) is 12.5 Å². The summed E-state index contributed by atoms with van der Waals surface area (Å²) in [4.78, 5) is 23.0. The van der Waals surface area contributed by atoms with Gasteiger partial charge in [-0.1, -0.05) is 30.3 Å². The van der Waals surface area contributed by atoms with E-state index < -0.39 is 5.54 Å². The van der Waals surface area contributed by atoms with Gasteiger partial charge < -0.3 is 15.8 Å². The molecule has 0 spiro atoms. The lowest BCUT2D eigenvalue weighted by atomic mass is 9.69. The quantitative estimate of drug-likeness (QED) is 0.561. The largest absolute Gasteiger partial charge is 0.468 e. The minimum absolute atomic E-state index is 0. The lowest BCUT2D eigenvalue weighted by Crippen LogP contribution is -2.59. The SMILES string of the molecule is COC(=O)C1(N)CC(CNc2nc(C)nc3sc(-c4ccccc4)cc23)C1.Cl.Cl. The third-order valence-electron chi connectivity index (χ3n) is 5.02. The zero-order valence-corrected chi connectivity index (χ0v) is 18.6. The van der Waals surface area contributed by atoms with Gasteiger partial charge in [-0.25, -0.2) is 9.97 Å². The number of anilines is 1. The van der Waals surface area contributed by atoms with Gasteiger partial charge in [0.15, 0.2) is 0 Å². The van der Waals surface area contributed by atoms with Crippen LogP contribution in [-0.4, -0.2) is 35.1 Å². The fourth-order valence-electron chi connectivity index (χ4n) is 3.63. The van der Waals surface area contributed by atoms with E-state index in [2.05, 4.69) is 33.5 Å². The highest BCUT2D eigenvalue weighted by Gasteiger charge is 2.47. The van der Waals surface area contributed by atoms with Crippen molar-refractivity contribution in [2.75, 3.05) is 19.0 Å². The number of aromatic nitrogens is 2. The van der Waals surface area contributed by atoms with Crippen molar-refractivity contribution in [2.24, 2.45) is 11.7 Å². The van der Waals surface area contributed by atoms with Crippen molar-refractivity contribution in [3.05, 3.63) is 42.2 Å². The normalized spacial score (nSPS) is 20.2. The number of methoxy groups -OCH3 is 1. The fraction of sp³-hybridized carbons (Fsp3) is 0.350. The summed E-state index contributed by atoms with van der Waals surface area (Å²) >= 11 is 1.67. The van der Waals surface area contributed by atoms with Crippen LogP contribution in [-0.2, 0) is 9.53 Å². The van der Waals surface area contributed by atoms with E-state index in [4.69, 9.17) is 10.5 Å². The molecule has 1 aromatic carbocycles. The summed E-state index contributed by atoms with van der Waals surface area (Å²) in [5.41, 5.74) is 6.41. The number of hydrogen-bond acceptors (Lipinski definition) is 7. The second-order valence-corrected chi connectivity index (χ2v) is 8.15. The summed E-state index contributed by atoms with van der Waals surface area (Å²) in [5.74, 6) is 1.57. The molecule has 0 bridgehead atoms. The number of nitrogens with one attached hydrogen (secondary N) is 1. The number of nitrogens with zero attached hydrogens (tertiary/aromatic N) is 2. The first-order valence-electron chi connectivity index (χ1n) is 8.93. The van der Waals surface area contributed by atoms with Crippen molar-refractivity contribution >= 4 is 58.2 Å². The number of halogens is 2. The van der Waals surface area contributed by atoms with Crippen LogP contribution in [0.1, 0.15) is 18.7 Å². The maximum Gasteiger partial charge on any atom is 0.325 e. The summed E-state index contributed by atoms with van der Waals surface area (Å²) in [5, 5.41) is 4.46. The number of carbonyl (C=O) groups excluding carboxylic acids is 1. The Morgan fingerprint density at radius 1 is 1.28 bits per heavy atom. The molecule has 29 heavy (non-hydrogen) atoms. The Hall–Kier alpha value is -1.93. The molecule has 0 radical (unpaired) electrons. The second-order valence-electron chi connectivity index (χ2n) is 7.12. The summed E-state index contributed by atoms with van der Waals surface area (Å²) in [6, 6.07) is 12.4. The highest BCUT2D eigenvalue weighted by molar-refractivity contribution is 7.21. The zero-order valence-electron chi connectivity index (χ0n) is 16.2. The van der Waals surface area contributed by atoms with Gasteiger partial charge in [-0.05, 0) is 37.3 Å². The minimum Gasteiger partial charge on any atom is -0.468 e. The van der Waals surface area contributed by atoms with Crippen molar-refractivity contribution in [3.63, 3.8) is 0 Å². The second kappa shape index (κ2) is 9.26. The molecule has 0 aliphatic heterocycles. The predicted octanol–water partition coefficient (Wildman–Crippen LogP) is 4.20. The summed E-state index contributed by atoms with van der Waals surface area (Å²) in [6.07, 6.45) is 1.25. The number of aryl methyl sites for hydroxylation is 1. The molecule has 1 fully saturated rings. The number of nitrogens with two attached hydrogens (primary N) is 1. The Labute approximate surface area is 186 Å². The molecular weight excluding hydrogens is 431 g/mol. The van der Waals surface area contributed by atoms with Gasteiger partial charge in [-0.3, -0.25) is 4.79 Å². The molecule has 0 saturated heterocycles. The molecule has 1 aliphatic carbocycles. The van der Waals surface area contributed by atoms with Gasteiger partial charge in [0.2, 0.25) is 0 Å². The van der Waals surface area contributed by atoms with Crippen molar-refractivity contribution in [1.29, 1.82) is 0 Å². The van der Waals surface area contributed by atoms with E-state index in [1.165, 1.54) is 17.6 Å². The molecule has 0 atom stereocenters. The fourth-order valence-corrected chi connectivity index (χ4v) is 4.72. The molecule has 2 aromatic heterocycles. The molecular formula is C20H24Cl2N4O2S. The van der Waals surface area contributed by atoms with Gasteiger partial charge in [-0.15, -0.1) is 36.2 Å². The third-order valence-corrected chi connectivity index (χ3v) is 6.10. The Kier molecular flexibility index (Phi) is 7.45. The number of hydrogen-bond donors (Lipinski definition) is 2. The molecule has 9 heteroatoms. The van der Waals surface area contributed by atoms with E-state index in [1.54, 1.807) is 11.3 Å². The summed E-state index contributed by atoms with van der Waals surface area (Å²) in [7, 11) is 1.38. The number of thiophene rings is 1. The number of carbonyl (C=O) groups is 1. The number of esters is 1. The first kappa shape index (κ1) is 23.3. The van der Waals surface area contributed by atoms with Crippen molar-refractivity contribution in [1.82, 2.24) is 9.97 Å². The molecule has 0 amide bonds. The summed E-state index contributed by atoms with van der Waals surface area (Å²) in [6.45, 7) is 2.62. The number of fused-ring (bicyclic) bond motifs is 1. The van der Waals surface area contributed by atoms with Gasteiger partial charge in [0.1, 0.15) is 22.0 Å². The van der Waals surface area contributed by atoms with Crippen LogP contribution in [0.15, 0.2) is 36.4 Å². The Morgan fingerprint density at radius 3 is 2.62 bits per heavy atom. The maximum absolute atomic E-state index is 11.7. The average Bonchev–Trinajstić information content (AvgIpc) is 3.08. The first-order valence-corrected chi connectivity index (χ1v) is 9.75. The van der Waals surface area contributed by atoms with Crippen LogP contribution >= 0.6 is 36.2 Å². The number of benzene rings is 1. The molecule has 1 aliphatic rings. The molecule has 3 N–H and O–H groups in total. The number of ether oxygens (including phenoxy) is 1. The summed E-state index contributed by atoms with van der Waals surface area (Å²) < 4.78 is 4.78. The molecule has 3 aromatic rings. The van der Waals surface area contributed by atoms with Crippen molar-refractivity contribution in [3.8, 4) is 10.4 Å². The van der Waals surface area contributed by atoms with Gasteiger partial charge in [0.25, 0.3) is 0 Å². The first-order chi connectivity index (χ1) is 13.0.